The topological polar surface area (TPSA) is 41.5 Å². The first-order valence-electron chi connectivity index (χ1n) is 6.19. The molecule has 0 atom stereocenters. The monoisotopic (exact) mass is 255 g/mol. The lowest BCUT2D eigenvalue weighted by Crippen LogP contribution is -2.35. The van der Waals surface area contributed by atoms with Crippen molar-refractivity contribution in [3.63, 3.8) is 0 Å². The lowest BCUT2D eigenvalue weighted by atomic mass is 10.1. The number of nitrogens with one attached hydrogen (secondary N) is 1. The van der Waals surface area contributed by atoms with Crippen LogP contribution < -0.4 is 10.1 Å². The molecule has 0 saturated carbocycles. The van der Waals surface area contributed by atoms with Crippen LogP contribution in [0.2, 0.25) is 0 Å². The van der Waals surface area contributed by atoms with Crippen molar-refractivity contribution in [1.29, 1.82) is 0 Å². The first-order valence-corrected chi connectivity index (χ1v) is 6.19. The van der Waals surface area contributed by atoms with Crippen LogP contribution in [0.3, 0.4) is 0 Å². The summed E-state index contributed by atoms with van der Waals surface area (Å²) in [5.41, 5.74) is 0.841. The molecule has 1 aromatic carbocycles. The van der Waals surface area contributed by atoms with E-state index in [0.29, 0.717) is 25.3 Å². The van der Waals surface area contributed by atoms with Gasteiger partial charge in [-0.25, -0.2) is 4.39 Å². The Morgan fingerprint density at radius 3 is 2.61 bits per heavy atom. The minimum Gasteiger partial charge on any atom is -0.493 e. The van der Waals surface area contributed by atoms with E-state index in [9.17, 15) is 4.39 Å². The van der Waals surface area contributed by atoms with E-state index in [1.54, 1.807) is 0 Å². The second-order valence-electron chi connectivity index (χ2n) is 5.32. The molecular weight excluding hydrogens is 233 g/mol. The number of benzene rings is 1. The average Bonchev–Trinajstić information content (AvgIpc) is 2.25. The van der Waals surface area contributed by atoms with Crippen LogP contribution in [0.15, 0.2) is 18.2 Å². The number of halogens is 1. The molecule has 0 aliphatic heterocycles. The molecule has 102 valence electrons. The Balaban J connectivity index is 2.62. The van der Waals surface area contributed by atoms with Gasteiger partial charge in [0.15, 0.2) is 0 Å². The van der Waals surface area contributed by atoms with Gasteiger partial charge < -0.3 is 15.2 Å². The van der Waals surface area contributed by atoms with Crippen molar-refractivity contribution in [2.45, 2.75) is 39.3 Å². The molecule has 0 saturated heterocycles. The standard InChI is InChI=1S/C14H22FNO2/c1-14(2,3)16-10-11-7-12(15)9-13(8-11)18-6-4-5-17/h7-9,16-17H,4-6,10H2,1-3H3. The van der Waals surface area contributed by atoms with Gasteiger partial charge in [0.2, 0.25) is 0 Å². The molecule has 0 bridgehead atoms. The Morgan fingerprint density at radius 1 is 1.28 bits per heavy atom. The molecule has 0 heterocycles. The summed E-state index contributed by atoms with van der Waals surface area (Å²) in [4.78, 5) is 0. The minimum absolute atomic E-state index is 0.00970. The largest absolute Gasteiger partial charge is 0.493 e. The van der Waals surface area contributed by atoms with E-state index >= 15 is 0 Å². The lowest BCUT2D eigenvalue weighted by molar-refractivity contribution is 0.233. The molecule has 4 heteroatoms. The van der Waals surface area contributed by atoms with Crippen molar-refractivity contribution in [1.82, 2.24) is 5.32 Å². The second-order valence-corrected chi connectivity index (χ2v) is 5.32. The SMILES string of the molecule is CC(C)(C)NCc1cc(F)cc(OCCCO)c1. The minimum atomic E-state index is -0.304. The molecule has 0 fully saturated rings. The van der Waals surface area contributed by atoms with Crippen molar-refractivity contribution in [2.24, 2.45) is 0 Å². The number of hydrogen-bond acceptors (Lipinski definition) is 3. The second kappa shape index (κ2) is 6.71. The van der Waals surface area contributed by atoms with Gasteiger partial charge in [-0.05, 0) is 38.5 Å². The smallest absolute Gasteiger partial charge is 0.127 e. The highest BCUT2D eigenvalue weighted by Gasteiger charge is 2.09. The van der Waals surface area contributed by atoms with Gasteiger partial charge in [-0.2, -0.15) is 0 Å². The molecule has 0 amide bonds. The quantitative estimate of drug-likeness (QED) is 0.767. The van der Waals surface area contributed by atoms with Gasteiger partial charge in [0.25, 0.3) is 0 Å². The molecule has 0 spiro atoms. The zero-order valence-corrected chi connectivity index (χ0v) is 11.3. The maximum atomic E-state index is 13.4. The van der Waals surface area contributed by atoms with E-state index in [0.717, 1.165) is 5.56 Å². The molecule has 2 N–H and O–H groups in total. The number of ether oxygens (including phenoxy) is 1. The van der Waals surface area contributed by atoms with E-state index in [4.69, 9.17) is 9.84 Å². The van der Waals surface area contributed by atoms with Crippen LogP contribution in [0.4, 0.5) is 4.39 Å². The Labute approximate surface area is 108 Å². The number of aliphatic hydroxyl groups is 1. The van der Waals surface area contributed by atoms with E-state index in [1.807, 2.05) is 6.07 Å². The summed E-state index contributed by atoms with van der Waals surface area (Å²) in [6.07, 6.45) is 0.548. The molecule has 1 aromatic rings. The van der Waals surface area contributed by atoms with Crippen LogP contribution in [-0.4, -0.2) is 23.9 Å². The predicted molar refractivity (Wildman–Crippen MR) is 70.2 cm³/mol. The number of hydrogen-bond donors (Lipinski definition) is 2. The van der Waals surface area contributed by atoms with E-state index in [1.165, 1.54) is 12.1 Å². The lowest BCUT2D eigenvalue weighted by Gasteiger charge is -2.20. The van der Waals surface area contributed by atoms with E-state index in [2.05, 4.69) is 26.1 Å². The highest BCUT2D eigenvalue weighted by atomic mass is 19.1. The summed E-state index contributed by atoms with van der Waals surface area (Å²) in [5.74, 6) is 0.205. The van der Waals surface area contributed by atoms with Crippen LogP contribution in [0.5, 0.6) is 5.75 Å². The third-order valence-corrected chi connectivity index (χ3v) is 2.33. The van der Waals surface area contributed by atoms with Crippen molar-refractivity contribution in [3.05, 3.63) is 29.6 Å². The normalized spacial score (nSPS) is 11.6. The molecule has 0 aliphatic carbocycles. The maximum absolute atomic E-state index is 13.4. The van der Waals surface area contributed by atoms with Gasteiger partial charge >= 0.3 is 0 Å². The van der Waals surface area contributed by atoms with Crippen LogP contribution in [0, 0.1) is 5.82 Å². The van der Waals surface area contributed by atoms with Crippen molar-refractivity contribution < 1.29 is 14.2 Å². The third-order valence-electron chi connectivity index (χ3n) is 2.33. The summed E-state index contributed by atoms with van der Waals surface area (Å²) in [7, 11) is 0. The van der Waals surface area contributed by atoms with E-state index in [-0.39, 0.29) is 18.0 Å². The first kappa shape index (κ1) is 14.9. The third kappa shape index (κ3) is 5.98. The average molecular weight is 255 g/mol. The fraction of sp³-hybridized carbons (Fsp3) is 0.571. The summed E-state index contributed by atoms with van der Waals surface area (Å²) >= 11 is 0. The van der Waals surface area contributed by atoms with Crippen molar-refractivity contribution >= 4 is 0 Å². The van der Waals surface area contributed by atoms with Crippen LogP contribution in [-0.2, 0) is 6.54 Å². The number of aliphatic hydroxyl groups excluding tert-OH is 1. The maximum Gasteiger partial charge on any atom is 0.127 e. The Kier molecular flexibility index (Phi) is 5.56. The Hall–Kier alpha value is -1.13. The van der Waals surface area contributed by atoms with Crippen LogP contribution in [0.1, 0.15) is 32.8 Å². The van der Waals surface area contributed by atoms with Gasteiger partial charge in [0.1, 0.15) is 11.6 Å². The molecule has 0 radical (unpaired) electrons. The van der Waals surface area contributed by atoms with Gasteiger partial charge in [0.05, 0.1) is 6.61 Å². The van der Waals surface area contributed by atoms with Gasteiger partial charge in [-0.3, -0.25) is 0 Å². The molecule has 0 aromatic heterocycles. The van der Waals surface area contributed by atoms with Gasteiger partial charge in [-0.15, -0.1) is 0 Å². The van der Waals surface area contributed by atoms with Gasteiger partial charge in [-0.1, -0.05) is 0 Å². The Bertz CT molecular complexity index is 375. The highest BCUT2D eigenvalue weighted by molar-refractivity contribution is 5.29. The molecule has 18 heavy (non-hydrogen) atoms. The Morgan fingerprint density at radius 2 is 2.00 bits per heavy atom. The zero-order valence-electron chi connectivity index (χ0n) is 11.3. The highest BCUT2D eigenvalue weighted by Crippen LogP contribution is 2.17. The molecule has 1 rings (SSSR count). The summed E-state index contributed by atoms with van der Waals surface area (Å²) in [5, 5.41) is 12.0. The fourth-order valence-corrected chi connectivity index (χ4v) is 1.43. The summed E-state index contributed by atoms with van der Waals surface area (Å²) < 4.78 is 18.8. The van der Waals surface area contributed by atoms with E-state index < -0.39 is 0 Å². The summed E-state index contributed by atoms with van der Waals surface area (Å²) in [6, 6.07) is 4.68. The van der Waals surface area contributed by atoms with Gasteiger partial charge in [0, 0.05) is 31.2 Å². The first-order chi connectivity index (χ1) is 8.40. The van der Waals surface area contributed by atoms with Crippen molar-refractivity contribution in [2.75, 3.05) is 13.2 Å². The van der Waals surface area contributed by atoms with Crippen molar-refractivity contribution in [3.8, 4) is 5.75 Å². The summed E-state index contributed by atoms with van der Waals surface area (Å²) in [6.45, 7) is 7.25. The van der Waals surface area contributed by atoms with Crippen LogP contribution >= 0.6 is 0 Å². The zero-order chi connectivity index (χ0) is 13.6. The number of rotatable bonds is 6. The molecular formula is C14H22FNO2. The fourth-order valence-electron chi connectivity index (χ4n) is 1.43. The molecule has 0 aliphatic rings. The van der Waals surface area contributed by atoms with Crippen LogP contribution in [0.25, 0.3) is 0 Å². The predicted octanol–water partition coefficient (Wildman–Crippen LogP) is 2.48. The molecule has 0 unspecified atom stereocenters. The molecule has 3 nitrogen and oxygen atoms in total.